The Bertz CT molecular complexity index is 518. The summed E-state index contributed by atoms with van der Waals surface area (Å²) in [5.74, 6) is -2.18. The Morgan fingerprint density at radius 2 is 1.87 bits per heavy atom. The molecule has 0 aromatic heterocycles. The van der Waals surface area contributed by atoms with E-state index in [4.69, 9.17) is 9.05 Å². The fraction of sp³-hybridized carbons (Fsp3) is 0.846. The lowest BCUT2D eigenvalue weighted by Gasteiger charge is -2.36. The second-order valence-electron chi connectivity index (χ2n) is 6.19. The number of ketones is 1. The molecular formula is C13H22NO8P. The van der Waals surface area contributed by atoms with Gasteiger partial charge in [-0.05, 0) is 13.8 Å². The van der Waals surface area contributed by atoms with Crippen LogP contribution in [0.5, 0.6) is 0 Å². The molecule has 0 spiro atoms. The van der Waals surface area contributed by atoms with Gasteiger partial charge < -0.3 is 13.8 Å². The highest BCUT2D eigenvalue weighted by Gasteiger charge is 2.49. The van der Waals surface area contributed by atoms with Crippen LogP contribution in [-0.4, -0.2) is 48.2 Å². The number of hydrogen-bond acceptors (Lipinski definition) is 8. The van der Waals surface area contributed by atoms with E-state index in [9.17, 15) is 24.3 Å². The number of rotatable bonds is 7. The third-order valence-electron chi connectivity index (χ3n) is 3.49. The van der Waals surface area contributed by atoms with Crippen LogP contribution in [-0.2, 0) is 27.9 Å². The molecule has 1 aliphatic heterocycles. The molecule has 1 fully saturated rings. The summed E-state index contributed by atoms with van der Waals surface area (Å²) in [5, 5.41) is 11.2. The van der Waals surface area contributed by atoms with E-state index < -0.39 is 42.4 Å². The van der Waals surface area contributed by atoms with E-state index in [0.29, 0.717) is 0 Å². The zero-order valence-corrected chi connectivity index (χ0v) is 14.5. The van der Waals surface area contributed by atoms with E-state index >= 15 is 0 Å². The molecule has 0 N–H and O–H groups in total. The molecule has 132 valence electrons. The molecule has 0 radical (unpaired) electrons. The van der Waals surface area contributed by atoms with Crippen molar-refractivity contribution < 1.29 is 32.9 Å². The first-order valence-corrected chi connectivity index (χ1v) is 8.86. The van der Waals surface area contributed by atoms with E-state index in [0.717, 1.165) is 0 Å². The monoisotopic (exact) mass is 351 g/mol. The third-order valence-corrected chi connectivity index (χ3v) is 5.81. The van der Waals surface area contributed by atoms with Crippen molar-refractivity contribution in [3.8, 4) is 0 Å². The standard InChI is InChI=1S/C13H22NO8P/c1-5-20-12(16)11(15)6-10(14(17)18)9(2)23(19)21-7-13(3,4)8-22-23/h9-10H,5-8H2,1-4H3. The summed E-state index contributed by atoms with van der Waals surface area (Å²) in [6, 6.07) is -1.56. The quantitative estimate of drug-likeness (QED) is 0.224. The van der Waals surface area contributed by atoms with Crippen molar-refractivity contribution in [2.45, 2.75) is 45.8 Å². The SMILES string of the molecule is CCOC(=O)C(=O)CC(C(C)P1(=O)OCC(C)(C)CO1)[N+](=O)[O-]. The van der Waals surface area contributed by atoms with Gasteiger partial charge in [0.15, 0.2) is 0 Å². The molecule has 1 aliphatic rings. The number of hydrogen-bond donors (Lipinski definition) is 0. The van der Waals surface area contributed by atoms with Crippen molar-refractivity contribution >= 4 is 19.3 Å². The Labute approximate surface area is 134 Å². The largest absolute Gasteiger partial charge is 0.460 e. The smallest absolute Gasteiger partial charge is 0.374 e. The van der Waals surface area contributed by atoms with Gasteiger partial charge in [0, 0.05) is 10.3 Å². The van der Waals surface area contributed by atoms with E-state index in [1.54, 1.807) is 0 Å². The molecule has 2 unspecified atom stereocenters. The highest BCUT2D eigenvalue weighted by Crippen LogP contribution is 2.58. The van der Waals surface area contributed by atoms with Gasteiger partial charge >= 0.3 is 13.6 Å². The van der Waals surface area contributed by atoms with Gasteiger partial charge in [0.1, 0.15) is 5.66 Å². The normalized spacial score (nSPS) is 21.9. The number of carbonyl (C=O) groups is 2. The van der Waals surface area contributed by atoms with Crippen LogP contribution in [0.25, 0.3) is 0 Å². The zero-order valence-electron chi connectivity index (χ0n) is 13.6. The van der Waals surface area contributed by atoms with Crippen LogP contribution in [0, 0.1) is 15.5 Å². The lowest BCUT2D eigenvalue weighted by Crippen LogP contribution is -2.39. The predicted molar refractivity (Wildman–Crippen MR) is 79.8 cm³/mol. The van der Waals surface area contributed by atoms with E-state index in [1.807, 2.05) is 13.8 Å². The molecule has 0 aromatic rings. The molecule has 9 nitrogen and oxygen atoms in total. The summed E-state index contributed by atoms with van der Waals surface area (Å²) >= 11 is 0. The van der Waals surface area contributed by atoms with Crippen LogP contribution in [0.15, 0.2) is 0 Å². The minimum atomic E-state index is -3.74. The first kappa shape index (κ1) is 19.7. The maximum atomic E-state index is 12.7. The van der Waals surface area contributed by atoms with Crippen molar-refractivity contribution in [2.24, 2.45) is 5.41 Å². The average molecular weight is 351 g/mol. The summed E-state index contributed by atoms with van der Waals surface area (Å²) in [6.45, 7) is 6.78. The molecule has 1 rings (SSSR count). The minimum Gasteiger partial charge on any atom is -0.460 e. The maximum Gasteiger partial charge on any atom is 0.374 e. The van der Waals surface area contributed by atoms with E-state index in [-0.39, 0.29) is 25.2 Å². The Kier molecular flexibility index (Phi) is 6.44. The van der Waals surface area contributed by atoms with Crippen molar-refractivity contribution in [3.63, 3.8) is 0 Å². The molecule has 0 saturated carbocycles. The molecule has 0 aliphatic carbocycles. The Morgan fingerprint density at radius 3 is 2.30 bits per heavy atom. The van der Waals surface area contributed by atoms with Gasteiger partial charge in [-0.15, -0.1) is 0 Å². The first-order valence-electron chi connectivity index (χ1n) is 7.24. The van der Waals surface area contributed by atoms with E-state index in [2.05, 4.69) is 4.74 Å². The predicted octanol–water partition coefficient (Wildman–Crippen LogP) is 1.81. The molecule has 0 amide bonds. The molecule has 2 atom stereocenters. The van der Waals surface area contributed by atoms with E-state index in [1.165, 1.54) is 13.8 Å². The van der Waals surface area contributed by atoms with Crippen LogP contribution >= 0.6 is 7.60 Å². The highest BCUT2D eigenvalue weighted by atomic mass is 31.2. The number of esters is 1. The van der Waals surface area contributed by atoms with Gasteiger partial charge in [0.2, 0.25) is 11.8 Å². The molecule has 1 heterocycles. The van der Waals surface area contributed by atoms with Crippen LogP contribution in [0.4, 0.5) is 0 Å². The van der Waals surface area contributed by atoms with Crippen LogP contribution in [0.3, 0.4) is 0 Å². The average Bonchev–Trinajstić information content (AvgIpc) is 2.47. The molecule has 1 saturated heterocycles. The molecule has 0 bridgehead atoms. The number of nitro groups is 1. The Balaban J connectivity index is 2.85. The van der Waals surface area contributed by atoms with Gasteiger partial charge in [-0.1, -0.05) is 13.8 Å². The molecule has 10 heteroatoms. The second kappa shape index (κ2) is 7.51. The fourth-order valence-corrected chi connectivity index (χ4v) is 4.20. The number of nitrogens with zero attached hydrogens (tertiary/aromatic N) is 1. The van der Waals surface area contributed by atoms with Crippen LogP contribution in [0.1, 0.15) is 34.1 Å². The number of carbonyl (C=O) groups excluding carboxylic acids is 2. The zero-order chi connectivity index (χ0) is 17.8. The van der Waals surface area contributed by atoms with Crippen LogP contribution in [0.2, 0.25) is 0 Å². The number of Topliss-reactive ketones (excluding diaryl/α,β-unsaturated/α-hetero) is 1. The Morgan fingerprint density at radius 1 is 1.35 bits per heavy atom. The molecule has 23 heavy (non-hydrogen) atoms. The summed E-state index contributed by atoms with van der Waals surface area (Å²) in [5.41, 5.74) is -1.51. The summed E-state index contributed by atoms with van der Waals surface area (Å²) < 4.78 is 27.7. The van der Waals surface area contributed by atoms with Crippen molar-refractivity contribution in [1.82, 2.24) is 0 Å². The maximum absolute atomic E-state index is 12.7. The van der Waals surface area contributed by atoms with Gasteiger partial charge in [0.25, 0.3) is 0 Å². The minimum absolute atomic E-state index is 0.0109. The van der Waals surface area contributed by atoms with Crippen molar-refractivity contribution in [3.05, 3.63) is 10.1 Å². The lowest BCUT2D eigenvalue weighted by molar-refractivity contribution is -0.520. The first-order chi connectivity index (χ1) is 10.5. The lowest BCUT2D eigenvalue weighted by atomic mass is 9.97. The highest BCUT2D eigenvalue weighted by molar-refractivity contribution is 7.54. The van der Waals surface area contributed by atoms with Gasteiger partial charge in [-0.2, -0.15) is 0 Å². The van der Waals surface area contributed by atoms with Gasteiger partial charge in [-0.3, -0.25) is 19.5 Å². The van der Waals surface area contributed by atoms with Crippen molar-refractivity contribution in [1.29, 1.82) is 0 Å². The third kappa shape index (κ3) is 5.09. The van der Waals surface area contributed by atoms with Gasteiger partial charge in [0.05, 0.1) is 26.2 Å². The fourth-order valence-electron chi connectivity index (χ4n) is 1.96. The summed E-state index contributed by atoms with van der Waals surface area (Å²) in [6.07, 6.45) is -0.715. The number of ether oxygens (including phenoxy) is 1. The molecule has 0 aromatic carbocycles. The summed E-state index contributed by atoms with van der Waals surface area (Å²) in [7, 11) is -3.74. The Hall–Kier alpha value is -1.31. The summed E-state index contributed by atoms with van der Waals surface area (Å²) in [4.78, 5) is 33.5. The van der Waals surface area contributed by atoms with Crippen molar-refractivity contribution in [2.75, 3.05) is 19.8 Å². The van der Waals surface area contributed by atoms with Gasteiger partial charge in [-0.25, -0.2) is 4.79 Å². The topological polar surface area (TPSA) is 122 Å². The second-order valence-corrected chi connectivity index (χ2v) is 8.60. The van der Waals surface area contributed by atoms with Crippen LogP contribution < -0.4 is 0 Å². The molecular weight excluding hydrogens is 329 g/mol.